The maximum absolute atomic E-state index is 10.3. The van der Waals surface area contributed by atoms with Gasteiger partial charge in [0.1, 0.15) is 24.1 Å². The minimum atomic E-state index is -1.12. The van der Waals surface area contributed by atoms with Gasteiger partial charge in [0.2, 0.25) is 0 Å². The first-order valence-corrected chi connectivity index (χ1v) is 8.49. The van der Waals surface area contributed by atoms with E-state index in [-0.39, 0.29) is 6.61 Å². The van der Waals surface area contributed by atoms with Crippen LogP contribution in [0.1, 0.15) is 11.1 Å². The zero-order valence-electron chi connectivity index (χ0n) is 15.0. The van der Waals surface area contributed by atoms with Crippen LogP contribution in [0.2, 0.25) is 0 Å². The Kier molecular flexibility index (Phi) is 8.31. The Labute approximate surface area is 154 Å². The minimum Gasteiger partial charge on any atom is -0.497 e. The second-order valence-electron chi connectivity index (χ2n) is 5.92. The number of aliphatic hydroxyl groups is 2. The van der Waals surface area contributed by atoms with Gasteiger partial charge >= 0.3 is 0 Å². The quantitative estimate of drug-likeness (QED) is 0.605. The van der Waals surface area contributed by atoms with Gasteiger partial charge in [-0.3, -0.25) is 0 Å². The van der Waals surface area contributed by atoms with Gasteiger partial charge in [-0.05, 0) is 23.3 Å². The van der Waals surface area contributed by atoms with Crippen molar-refractivity contribution < 1.29 is 24.4 Å². The zero-order chi connectivity index (χ0) is 18.8. The molecule has 2 aromatic carbocycles. The molecule has 0 aromatic heterocycles. The summed E-state index contributed by atoms with van der Waals surface area (Å²) in [7, 11) is 1.62. The number of hydrogen-bond acceptors (Lipinski definition) is 5. The maximum Gasteiger partial charge on any atom is 0.118 e. The van der Waals surface area contributed by atoms with Crippen LogP contribution in [0.25, 0.3) is 0 Å². The van der Waals surface area contributed by atoms with Crippen LogP contribution in [0.3, 0.4) is 0 Å². The van der Waals surface area contributed by atoms with Gasteiger partial charge in [-0.1, -0.05) is 48.5 Å². The summed E-state index contributed by atoms with van der Waals surface area (Å²) in [6, 6.07) is 17.2. The molecule has 0 aliphatic rings. The largest absolute Gasteiger partial charge is 0.497 e. The van der Waals surface area contributed by atoms with Crippen LogP contribution in [0.15, 0.2) is 67.3 Å². The summed E-state index contributed by atoms with van der Waals surface area (Å²) >= 11 is 0. The molecule has 0 fully saturated rings. The number of aliphatic hydroxyl groups excluding tert-OH is 2. The van der Waals surface area contributed by atoms with Crippen LogP contribution in [0.4, 0.5) is 0 Å². The zero-order valence-corrected chi connectivity index (χ0v) is 15.0. The van der Waals surface area contributed by atoms with Crippen LogP contribution in [-0.4, -0.2) is 42.2 Å². The summed E-state index contributed by atoms with van der Waals surface area (Å²) in [6.07, 6.45) is -1.60. The normalized spacial score (nSPS) is 14.4. The number of benzene rings is 2. The van der Waals surface area contributed by atoms with Crippen LogP contribution in [-0.2, 0) is 22.7 Å². The summed E-state index contributed by atoms with van der Waals surface area (Å²) in [5, 5.41) is 20.1. The average Bonchev–Trinajstić information content (AvgIpc) is 2.70. The lowest BCUT2D eigenvalue weighted by atomic mass is 10.1. The lowest BCUT2D eigenvalue weighted by Crippen LogP contribution is -2.41. The number of ether oxygens (including phenoxy) is 3. The molecule has 0 saturated carbocycles. The van der Waals surface area contributed by atoms with Gasteiger partial charge in [-0.15, -0.1) is 6.58 Å². The van der Waals surface area contributed by atoms with Crippen molar-refractivity contribution in [3.63, 3.8) is 0 Å². The Bertz CT molecular complexity index is 641. The van der Waals surface area contributed by atoms with Crippen molar-refractivity contribution in [1.29, 1.82) is 0 Å². The third kappa shape index (κ3) is 6.28. The van der Waals surface area contributed by atoms with Crippen LogP contribution < -0.4 is 4.74 Å². The smallest absolute Gasteiger partial charge is 0.118 e. The summed E-state index contributed by atoms with van der Waals surface area (Å²) in [4.78, 5) is 0. The van der Waals surface area contributed by atoms with E-state index < -0.39 is 18.3 Å². The van der Waals surface area contributed by atoms with E-state index in [1.807, 2.05) is 54.6 Å². The minimum absolute atomic E-state index is 0.144. The molecule has 0 aliphatic heterocycles. The Morgan fingerprint density at radius 3 is 2.23 bits per heavy atom. The Hall–Kier alpha value is -2.18. The monoisotopic (exact) mass is 358 g/mol. The first-order valence-electron chi connectivity index (χ1n) is 8.49. The molecule has 26 heavy (non-hydrogen) atoms. The highest BCUT2D eigenvalue weighted by molar-refractivity contribution is 5.26. The summed E-state index contributed by atoms with van der Waals surface area (Å²) < 4.78 is 16.6. The molecule has 5 heteroatoms. The van der Waals surface area contributed by atoms with Crippen molar-refractivity contribution in [3.05, 3.63) is 78.4 Å². The van der Waals surface area contributed by atoms with Crippen LogP contribution >= 0.6 is 0 Å². The fourth-order valence-electron chi connectivity index (χ4n) is 2.40. The van der Waals surface area contributed by atoms with Crippen molar-refractivity contribution in [3.8, 4) is 5.75 Å². The predicted molar refractivity (Wildman–Crippen MR) is 99.9 cm³/mol. The Balaban J connectivity index is 1.90. The average molecular weight is 358 g/mol. The third-order valence-electron chi connectivity index (χ3n) is 3.99. The van der Waals surface area contributed by atoms with Gasteiger partial charge in [-0.2, -0.15) is 0 Å². The third-order valence-corrected chi connectivity index (χ3v) is 3.99. The summed E-state index contributed by atoms with van der Waals surface area (Å²) in [5.74, 6) is 0.780. The molecular formula is C21H26O5. The van der Waals surface area contributed by atoms with Crippen LogP contribution in [0.5, 0.6) is 5.75 Å². The lowest BCUT2D eigenvalue weighted by molar-refractivity contribution is -0.115. The molecule has 5 nitrogen and oxygen atoms in total. The molecule has 0 spiro atoms. The first-order chi connectivity index (χ1) is 12.6. The van der Waals surface area contributed by atoms with Crippen molar-refractivity contribution in [2.75, 3.05) is 13.7 Å². The summed E-state index contributed by atoms with van der Waals surface area (Å²) in [5.41, 5.74) is 1.96. The SMILES string of the molecule is C=C[C@@H](O)[C@@H](O)[C@@H](COCc1ccc(OC)cc1)OCc1ccccc1. The molecule has 0 heterocycles. The molecule has 0 radical (unpaired) electrons. The Morgan fingerprint density at radius 2 is 1.62 bits per heavy atom. The van der Waals surface area contributed by atoms with E-state index in [0.717, 1.165) is 16.9 Å². The van der Waals surface area contributed by atoms with E-state index in [9.17, 15) is 10.2 Å². The molecule has 2 rings (SSSR count). The molecule has 0 aliphatic carbocycles. The Morgan fingerprint density at radius 1 is 0.962 bits per heavy atom. The second kappa shape index (κ2) is 10.7. The van der Waals surface area contributed by atoms with Crippen molar-refractivity contribution >= 4 is 0 Å². The lowest BCUT2D eigenvalue weighted by Gasteiger charge is -2.25. The fraction of sp³-hybridized carbons (Fsp3) is 0.333. The predicted octanol–water partition coefficient (Wildman–Crippen LogP) is 2.71. The highest BCUT2D eigenvalue weighted by Crippen LogP contribution is 2.14. The highest BCUT2D eigenvalue weighted by atomic mass is 16.5. The van der Waals surface area contributed by atoms with Gasteiger partial charge in [0, 0.05) is 0 Å². The highest BCUT2D eigenvalue weighted by Gasteiger charge is 2.25. The van der Waals surface area contributed by atoms with Gasteiger partial charge in [0.05, 0.1) is 26.9 Å². The molecule has 2 N–H and O–H groups in total. The van der Waals surface area contributed by atoms with Gasteiger partial charge in [-0.25, -0.2) is 0 Å². The van der Waals surface area contributed by atoms with E-state index in [2.05, 4.69) is 6.58 Å². The molecule has 0 unspecified atom stereocenters. The van der Waals surface area contributed by atoms with Crippen molar-refractivity contribution in [1.82, 2.24) is 0 Å². The number of rotatable bonds is 11. The second-order valence-corrected chi connectivity index (χ2v) is 5.92. The maximum atomic E-state index is 10.3. The molecular weight excluding hydrogens is 332 g/mol. The molecule has 2 aromatic rings. The molecule has 0 saturated heterocycles. The first kappa shape index (κ1) is 20.1. The topological polar surface area (TPSA) is 68.2 Å². The molecule has 0 bridgehead atoms. The van der Waals surface area contributed by atoms with E-state index >= 15 is 0 Å². The van der Waals surface area contributed by atoms with Crippen LogP contribution in [0, 0.1) is 0 Å². The number of hydrogen-bond donors (Lipinski definition) is 2. The van der Waals surface area contributed by atoms with E-state index in [1.165, 1.54) is 6.08 Å². The molecule has 3 atom stereocenters. The summed E-state index contributed by atoms with van der Waals surface area (Å²) in [6.45, 7) is 4.34. The van der Waals surface area contributed by atoms with E-state index in [4.69, 9.17) is 14.2 Å². The fourth-order valence-corrected chi connectivity index (χ4v) is 2.40. The van der Waals surface area contributed by atoms with Crippen molar-refractivity contribution in [2.45, 2.75) is 31.5 Å². The standard InChI is InChI=1S/C21H26O5/c1-3-19(22)21(23)20(26-14-16-7-5-4-6-8-16)15-25-13-17-9-11-18(24-2)12-10-17/h3-12,19-23H,1,13-15H2,2H3/t19-,20-,21-/m1/s1. The van der Waals surface area contributed by atoms with Crippen molar-refractivity contribution in [2.24, 2.45) is 0 Å². The van der Waals surface area contributed by atoms with E-state index in [0.29, 0.717) is 13.2 Å². The van der Waals surface area contributed by atoms with E-state index in [1.54, 1.807) is 7.11 Å². The van der Waals surface area contributed by atoms with Gasteiger partial charge in [0.15, 0.2) is 0 Å². The molecule has 140 valence electrons. The van der Waals surface area contributed by atoms with Gasteiger partial charge < -0.3 is 24.4 Å². The van der Waals surface area contributed by atoms with Gasteiger partial charge in [0.25, 0.3) is 0 Å². The molecule has 0 amide bonds. The number of methoxy groups -OCH3 is 1.